The second-order valence-corrected chi connectivity index (χ2v) is 4.93. The Labute approximate surface area is 108 Å². The van der Waals surface area contributed by atoms with Gasteiger partial charge in [0.25, 0.3) is 0 Å². The molecular formula is C14H21FN2O. The number of halogens is 1. The molecule has 3 nitrogen and oxygen atoms in total. The normalized spacial score (nSPS) is 22.0. The van der Waals surface area contributed by atoms with Crippen molar-refractivity contribution >= 4 is 5.69 Å². The van der Waals surface area contributed by atoms with Crippen LogP contribution in [-0.2, 0) is 0 Å². The molecule has 1 aromatic rings. The number of hydrogen-bond acceptors (Lipinski definition) is 3. The average Bonchev–Trinajstić information content (AvgIpc) is 2.37. The van der Waals surface area contributed by atoms with Crippen molar-refractivity contribution in [1.82, 2.24) is 5.32 Å². The minimum absolute atomic E-state index is 0.0414. The second kappa shape index (κ2) is 5.67. The van der Waals surface area contributed by atoms with Gasteiger partial charge in [-0.3, -0.25) is 0 Å². The lowest BCUT2D eigenvalue weighted by molar-refractivity contribution is 0.154. The van der Waals surface area contributed by atoms with Crippen molar-refractivity contribution < 1.29 is 9.50 Å². The summed E-state index contributed by atoms with van der Waals surface area (Å²) in [5.74, 6) is -0.186. The molecule has 0 spiro atoms. The molecule has 1 aromatic carbocycles. The van der Waals surface area contributed by atoms with Crippen molar-refractivity contribution in [1.29, 1.82) is 0 Å². The average molecular weight is 252 g/mol. The van der Waals surface area contributed by atoms with E-state index < -0.39 is 0 Å². The molecule has 0 saturated carbocycles. The smallest absolute Gasteiger partial charge is 0.130 e. The zero-order chi connectivity index (χ0) is 13.1. The Morgan fingerprint density at radius 1 is 1.50 bits per heavy atom. The molecule has 0 radical (unpaired) electrons. The van der Waals surface area contributed by atoms with Crippen LogP contribution in [0.25, 0.3) is 0 Å². The van der Waals surface area contributed by atoms with Crippen LogP contribution >= 0.6 is 0 Å². The molecule has 2 N–H and O–H groups in total. The summed E-state index contributed by atoms with van der Waals surface area (Å²) in [7, 11) is 1.83. The number of rotatable bonds is 3. The van der Waals surface area contributed by atoms with Gasteiger partial charge in [0.2, 0.25) is 0 Å². The quantitative estimate of drug-likeness (QED) is 0.864. The van der Waals surface area contributed by atoms with Crippen LogP contribution in [0.15, 0.2) is 18.2 Å². The van der Waals surface area contributed by atoms with Crippen molar-refractivity contribution in [3.63, 3.8) is 0 Å². The third-order valence-electron chi connectivity index (χ3n) is 3.63. The summed E-state index contributed by atoms with van der Waals surface area (Å²) in [5, 5.41) is 12.8. The number of nitrogens with zero attached hydrogens (tertiary/aromatic N) is 1. The maximum absolute atomic E-state index is 14.0. The first-order chi connectivity index (χ1) is 8.63. The third-order valence-corrected chi connectivity index (χ3v) is 3.63. The van der Waals surface area contributed by atoms with Crippen LogP contribution < -0.4 is 10.2 Å². The summed E-state index contributed by atoms with van der Waals surface area (Å²) >= 11 is 0. The molecule has 0 bridgehead atoms. The van der Waals surface area contributed by atoms with Crippen molar-refractivity contribution in [3.8, 4) is 0 Å². The number of β-amino-alcohol motifs (C(OH)–C–C–N with tert-alkyl or cyclic N) is 1. The summed E-state index contributed by atoms with van der Waals surface area (Å²) in [5.41, 5.74) is 1.59. The van der Waals surface area contributed by atoms with Gasteiger partial charge in [-0.05, 0) is 38.9 Å². The number of aliphatic hydroxyl groups is 1. The molecule has 4 heteroatoms. The lowest BCUT2D eigenvalue weighted by Crippen LogP contribution is -2.39. The maximum Gasteiger partial charge on any atom is 0.130 e. The highest BCUT2D eigenvalue weighted by atomic mass is 19.1. The van der Waals surface area contributed by atoms with E-state index in [0.717, 1.165) is 25.1 Å². The van der Waals surface area contributed by atoms with E-state index in [1.807, 2.05) is 20.0 Å². The van der Waals surface area contributed by atoms with Crippen molar-refractivity contribution in [2.75, 3.05) is 25.0 Å². The Morgan fingerprint density at radius 2 is 2.28 bits per heavy atom. The van der Waals surface area contributed by atoms with E-state index in [9.17, 15) is 9.50 Å². The predicted molar refractivity (Wildman–Crippen MR) is 71.3 cm³/mol. The van der Waals surface area contributed by atoms with Gasteiger partial charge in [0.1, 0.15) is 5.82 Å². The molecule has 1 aliphatic heterocycles. The standard InChI is InChI=1S/C14H21FN2O/c1-10(16-2)14-12(15)6-3-7-13(14)17-8-4-5-11(18)9-17/h3,6-7,10-11,16,18H,4-5,8-9H2,1-2H3. The van der Waals surface area contributed by atoms with Gasteiger partial charge < -0.3 is 15.3 Å². The topological polar surface area (TPSA) is 35.5 Å². The molecule has 0 amide bonds. The van der Waals surface area contributed by atoms with Gasteiger partial charge in [-0.2, -0.15) is 0 Å². The van der Waals surface area contributed by atoms with E-state index in [-0.39, 0.29) is 18.0 Å². The monoisotopic (exact) mass is 252 g/mol. The van der Waals surface area contributed by atoms with Crippen LogP contribution in [0.4, 0.5) is 10.1 Å². The molecule has 100 valence electrons. The minimum atomic E-state index is -0.306. The van der Waals surface area contributed by atoms with Crippen LogP contribution in [0.1, 0.15) is 31.4 Å². The summed E-state index contributed by atoms with van der Waals surface area (Å²) in [6, 6.07) is 5.12. The molecule has 18 heavy (non-hydrogen) atoms. The SMILES string of the molecule is CNC(C)c1c(F)cccc1N1CCCC(O)C1. The molecule has 1 aliphatic rings. The van der Waals surface area contributed by atoms with Crippen LogP contribution in [0.5, 0.6) is 0 Å². The number of piperidine rings is 1. The van der Waals surface area contributed by atoms with Gasteiger partial charge in [0.05, 0.1) is 6.10 Å². The fraction of sp³-hybridized carbons (Fsp3) is 0.571. The van der Waals surface area contributed by atoms with Gasteiger partial charge in [-0.1, -0.05) is 6.07 Å². The summed E-state index contributed by atoms with van der Waals surface area (Å²) in [6.07, 6.45) is 1.48. The fourth-order valence-electron chi connectivity index (χ4n) is 2.55. The molecule has 2 unspecified atom stereocenters. The van der Waals surface area contributed by atoms with E-state index in [0.29, 0.717) is 12.1 Å². The van der Waals surface area contributed by atoms with Crippen LogP contribution in [-0.4, -0.2) is 31.3 Å². The first-order valence-electron chi connectivity index (χ1n) is 6.52. The third kappa shape index (κ3) is 2.65. The Morgan fingerprint density at radius 3 is 2.94 bits per heavy atom. The molecule has 0 aromatic heterocycles. The highest BCUT2D eigenvalue weighted by Gasteiger charge is 2.23. The van der Waals surface area contributed by atoms with E-state index in [1.165, 1.54) is 6.07 Å². The largest absolute Gasteiger partial charge is 0.391 e. The van der Waals surface area contributed by atoms with Gasteiger partial charge in [0.15, 0.2) is 0 Å². The number of nitrogens with one attached hydrogen (secondary N) is 1. The Kier molecular flexibility index (Phi) is 4.19. The molecule has 1 fully saturated rings. The predicted octanol–water partition coefficient (Wildman–Crippen LogP) is 2.07. The Hall–Kier alpha value is -1.13. The fourth-order valence-corrected chi connectivity index (χ4v) is 2.55. The first kappa shape index (κ1) is 13.3. The van der Waals surface area contributed by atoms with Crippen molar-refractivity contribution in [3.05, 3.63) is 29.6 Å². The van der Waals surface area contributed by atoms with Crippen LogP contribution in [0.3, 0.4) is 0 Å². The molecule has 2 rings (SSSR count). The summed E-state index contributed by atoms with van der Waals surface area (Å²) in [4.78, 5) is 2.08. The minimum Gasteiger partial charge on any atom is -0.391 e. The molecule has 0 aliphatic carbocycles. The van der Waals surface area contributed by atoms with E-state index >= 15 is 0 Å². The lowest BCUT2D eigenvalue weighted by atomic mass is 10.0. The van der Waals surface area contributed by atoms with Gasteiger partial charge in [-0.25, -0.2) is 4.39 Å². The Balaban J connectivity index is 2.34. The number of anilines is 1. The van der Waals surface area contributed by atoms with Gasteiger partial charge in [-0.15, -0.1) is 0 Å². The summed E-state index contributed by atoms with van der Waals surface area (Å²) in [6.45, 7) is 3.42. The lowest BCUT2D eigenvalue weighted by Gasteiger charge is -2.34. The highest BCUT2D eigenvalue weighted by molar-refractivity contribution is 5.56. The molecule has 1 saturated heterocycles. The zero-order valence-corrected chi connectivity index (χ0v) is 11.0. The zero-order valence-electron chi connectivity index (χ0n) is 11.0. The summed E-state index contributed by atoms with van der Waals surface area (Å²) < 4.78 is 14.0. The number of hydrogen-bond donors (Lipinski definition) is 2. The molecular weight excluding hydrogens is 231 g/mol. The van der Waals surface area contributed by atoms with Gasteiger partial charge >= 0.3 is 0 Å². The van der Waals surface area contributed by atoms with Crippen molar-refractivity contribution in [2.24, 2.45) is 0 Å². The van der Waals surface area contributed by atoms with Crippen LogP contribution in [0, 0.1) is 5.82 Å². The van der Waals surface area contributed by atoms with E-state index in [4.69, 9.17) is 0 Å². The number of benzene rings is 1. The second-order valence-electron chi connectivity index (χ2n) is 4.93. The highest BCUT2D eigenvalue weighted by Crippen LogP contribution is 2.30. The first-order valence-corrected chi connectivity index (χ1v) is 6.52. The maximum atomic E-state index is 14.0. The van der Waals surface area contributed by atoms with Gasteiger partial charge in [0, 0.05) is 30.4 Å². The van der Waals surface area contributed by atoms with Crippen LogP contribution in [0.2, 0.25) is 0 Å². The molecule has 2 atom stereocenters. The molecule has 1 heterocycles. The van der Waals surface area contributed by atoms with E-state index in [1.54, 1.807) is 6.07 Å². The van der Waals surface area contributed by atoms with E-state index in [2.05, 4.69) is 10.2 Å². The Bertz CT molecular complexity index is 411. The number of aliphatic hydroxyl groups excluding tert-OH is 1. The van der Waals surface area contributed by atoms with Crippen molar-refractivity contribution in [2.45, 2.75) is 31.9 Å².